The molecule has 1 rings (SSSR count). The van der Waals surface area contributed by atoms with Crippen LogP contribution in [0.5, 0.6) is 0 Å². The van der Waals surface area contributed by atoms with E-state index in [2.05, 4.69) is 15.6 Å². The average Bonchev–Trinajstić information content (AvgIpc) is 2.29. The number of carbonyl (C=O) groups is 2. The van der Waals surface area contributed by atoms with Crippen LogP contribution in [0.3, 0.4) is 0 Å². The summed E-state index contributed by atoms with van der Waals surface area (Å²) in [4.78, 5) is 25.5. The van der Waals surface area contributed by atoms with E-state index in [1.165, 1.54) is 6.20 Å². The molecule has 0 aromatic rings. The summed E-state index contributed by atoms with van der Waals surface area (Å²) in [5.74, 6) is -0.804. The van der Waals surface area contributed by atoms with Crippen molar-refractivity contribution in [2.24, 2.45) is 0 Å². The quantitative estimate of drug-likeness (QED) is 0.489. The first kappa shape index (κ1) is 10.6. The summed E-state index contributed by atoms with van der Waals surface area (Å²) in [7, 11) is 0. The van der Waals surface area contributed by atoms with E-state index < -0.39 is 5.91 Å². The topological polar surface area (TPSA) is 67.4 Å². The number of hydrogen-bond donors (Lipinski definition) is 2. The van der Waals surface area contributed by atoms with Crippen LogP contribution in [0, 0.1) is 0 Å². The summed E-state index contributed by atoms with van der Waals surface area (Å²) in [6, 6.07) is 0. The minimum Gasteiger partial charge on any atom is -0.382 e. The zero-order valence-electron chi connectivity index (χ0n) is 7.51. The van der Waals surface area contributed by atoms with E-state index in [0.717, 1.165) is 0 Å². The lowest BCUT2D eigenvalue weighted by Gasteiger charge is -2.02. The molecule has 2 N–H and O–H groups in total. The minimum atomic E-state index is -0.432. The Hall–Kier alpha value is -1.43. The first-order valence-corrected chi connectivity index (χ1v) is 4.24. The van der Waals surface area contributed by atoms with Gasteiger partial charge in [-0.3, -0.25) is 14.9 Å². The van der Waals surface area contributed by atoms with E-state index in [1.807, 2.05) is 0 Å². The number of nitrogens with one attached hydrogen (secondary N) is 2. The standard InChI is InChI=1S/C8H11FN2O3/c9-14-3-1-2-6-4-10-5-7(12)11-8(6)13/h4,10H,1-3,5H2,(H,11,12,13). The van der Waals surface area contributed by atoms with Crippen molar-refractivity contribution in [1.82, 2.24) is 10.6 Å². The van der Waals surface area contributed by atoms with Gasteiger partial charge < -0.3 is 5.32 Å². The zero-order chi connectivity index (χ0) is 10.4. The maximum absolute atomic E-state index is 11.3. The second-order valence-corrected chi connectivity index (χ2v) is 2.84. The van der Waals surface area contributed by atoms with Crippen molar-refractivity contribution >= 4 is 11.8 Å². The molecule has 0 bridgehead atoms. The fourth-order valence-electron chi connectivity index (χ4n) is 1.09. The van der Waals surface area contributed by atoms with Gasteiger partial charge in [-0.2, -0.15) is 4.94 Å². The Morgan fingerprint density at radius 1 is 1.50 bits per heavy atom. The molecule has 14 heavy (non-hydrogen) atoms. The van der Waals surface area contributed by atoms with Crippen LogP contribution in [0.15, 0.2) is 11.8 Å². The number of halogens is 1. The molecule has 0 saturated heterocycles. The Balaban J connectivity index is 2.45. The van der Waals surface area contributed by atoms with Crippen molar-refractivity contribution in [3.8, 4) is 0 Å². The largest absolute Gasteiger partial charge is 0.382 e. The number of rotatable bonds is 4. The van der Waals surface area contributed by atoms with Crippen LogP contribution in [-0.2, 0) is 14.5 Å². The number of amides is 2. The molecule has 0 aliphatic carbocycles. The fraction of sp³-hybridized carbons (Fsp3) is 0.500. The fourth-order valence-corrected chi connectivity index (χ4v) is 1.09. The van der Waals surface area contributed by atoms with Gasteiger partial charge in [0.05, 0.1) is 13.2 Å². The molecule has 0 fully saturated rings. The van der Waals surface area contributed by atoms with Crippen molar-refractivity contribution in [2.45, 2.75) is 12.8 Å². The maximum atomic E-state index is 11.3. The van der Waals surface area contributed by atoms with Gasteiger partial charge in [-0.25, -0.2) is 0 Å². The zero-order valence-corrected chi connectivity index (χ0v) is 7.51. The van der Waals surface area contributed by atoms with Crippen LogP contribution < -0.4 is 10.6 Å². The smallest absolute Gasteiger partial charge is 0.255 e. The van der Waals surface area contributed by atoms with Crippen molar-refractivity contribution < 1.29 is 19.1 Å². The maximum Gasteiger partial charge on any atom is 0.255 e. The number of carbonyl (C=O) groups excluding carboxylic acids is 2. The first-order valence-electron chi connectivity index (χ1n) is 4.24. The molecule has 78 valence electrons. The lowest BCUT2D eigenvalue weighted by atomic mass is 10.1. The molecular weight excluding hydrogens is 191 g/mol. The Labute approximate surface area is 80.2 Å². The Bertz CT molecular complexity index is 265. The highest BCUT2D eigenvalue weighted by Gasteiger charge is 2.15. The van der Waals surface area contributed by atoms with E-state index in [1.54, 1.807) is 0 Å². The summed E-state index contributed by atoms with van der Waals surface area (Å²) in [5.41, 5.74) is 0.424. The van der Waals surface area contributed by atoms with E-state index in [-0.39, 0.29) is 19.1 Å². The van der Waals surface area contributed by atoms with Gasteiger partial charge in [0.15, 0.2) is 0 Å². The molecule has 0 atom stereocenters. The minimum absolute atomic E-state index is 0.0570. The highest BCUT2D eigenvalue weighted by molar-refractivity contribution is 6.05. The molecule has 0 aromatic heterocycles. The van der Waals surface area contributed by atoms with Gasteiger partial charge in [0.25, 0.3) is 5.91 Å². The molecule has 1 aliphatic heterocycles. The van der Waals surface area contributed by atoms with E-state index >= 15 is 0 Å². The van der Waals surface area contributed by atoms with E-state index in [0.29, 0.717) is 18.4 Å². The SMILES string of the molecule is O=C1CNC=C(CCCOF)C(=O)N1. The lowest BCUT2D eigenvalue weighted by molar-refractivity contribution is -0.133. The lowest BCUT2D eigenvalue weighted by Crippen LogP contribution is -2.33. The van der Waals surface area contributed by atoms with Crippen molar-refractivity contribution in [3.05, 3.63) is 11.8 Å². The molecule has 0 aromatic carbocycles. The van der Waals surface area contributed by atoms with Crippen molar-refractivity contribution in [1.29, 1.82) is 0 Å². The molecule has 0 unspecified atom stereocenters. The third-order valence-electron chi connectivity index (χ3n) is 1.75. The predicted molar refractivity (Wildman–Crippen MR) is 45.5 cm³/mol. The van der Waals surface area contributed by atoms with E-state index in [4.69, 9.17) is 0 Å². The highest BCUT2D eigenvalue weighted by Crippen LogP contribution is 2.06. The van der Waals surface area contributed by atoms with Gasteiger partial charge in [0.1, 0.15) is 0 Å². The third-order valence-corrected chi connectivity index (χ3v) is 1.75. The number of hydrogen-bond acceptors (Lipinski definition) is 4. The van der Waals surface area contributed by atoms with Crippen LogP contribution in [-0.4, -0.2) is 25.0 Å². The second-order valence-electron chi connectivity index (χ2n) is 2.84. The average molecular weight is 202 g/mol. The van der Waals surface area contributed by atoms with E-state index in [9.17, 15) is 14.1 Å². The first-order chi connectivity index (χ1) is 6.74. The normalized spacial score (nSPS) is 16.8. The molecule has 2 amide bonds. The van der Waals surface area contributed by atoms with Gasteiger partial charge >= 0.3 is 0 Å². The Morgan fingerprint density at radius 3 is 3.00 bits per heavy atom. The van der Waals surface area contributed by atoms with Crippen molar-refractivity contribution in [3.63, 3.8) is 0 Å². The van der Waals surface area contributed by atoms with Gasteiger partial charge in [0.2, 0.25) is 5.91 Å². The molecule has 0 spiro atoms. The third kappa shape index (κ3) is 3.14. The molecule has 0 radical (unpaired) electrons. The van der Waals surface area contributed by atoms with Gasteiger partial charge in [-0.1, -0.05) is 0 Å². The monoisotopic (exact) mass is 202 g/mol. The molecule has 5 nitrogen and oxygen atoms in total. The van der Waals surface area contributed by atoms with Gasteiger partial charge in [-0.05, 0) is 17.4 Å². The van der Waals surface area contributed by atoms with Crippen LogP contribution in [0.4, 0.5) is 4.53 Å². The summed E-state index contributed by atoms with van der Waals surface area (Å²) in [5, 5.41) is 4.85. The van der Waals surface area contributed by atoms with Crippen molar-refractivity contribution in [2.75, 3.05) is 13.2 Å². The summed E-state index contributed by atoms with van der Waals surface area (Å²) < 4.78 is 11.3. The summed E-state index contributed by atoms with van der Waals surface area (Å²) in [6.07, 6.45) is 2.24. The molecule has 0 saturated carbocycles. The van der Waals surface area contributed by atoms with Crippen LogP contribution >= 0.6 is 0 Å². The van der Waals surface area contributed by atoms with Crippen LogP contribution in [0.2, 0.25) is 0 Å². The molecular formula is C8H11FN2O3. The highest BCUT2D eigenvalue weighted by atomic mass is 19.3. The van der Waals surface area contributed by atoms with Gasteiger partial charge in [0, 0.05) is 11.8 Å². The summed E-state index contributed by atoms with van der Waals surface area (Å²) >= 11 is 0. The molecule has 6 heteroatoms. The summed E-state index contributed by atoms with van der Waals surface area (Å²) in [6.45, 7) is 0.0212. The Morgan fingerprint density at radius 2 is 2.29 bits per heavy atom. The molecule has 1 heterocycles. The van der Waals surface area contributed by atoms with Crippen LogP contribution in [0.25, 0.3) is 0 Å². The predicted octanol–water partition coefficient (Wildman–Crippen LogP) is -0.202. The molecule has 1 aliphatic rings. The van der Waals surface area contributed by atoms with Gasteiger partial charge in [-0.15, -0.1) is 0 Å². The second kappa shape index (κ2) is 5.33. The van der Waals surface area contributed by atoms with Crippen LogP contribution in [0.1, 0.15) is 12.8 Å². The number of imide groups is 1. The Kier molecular flexibility index (Phi) is 4.06.